The average molecular weight is 495 g/mol. The highest BCUT2D eigenvalue weighted by molar-refractivity contribution is 6.42. The van der Waals surface area contributed by atoms with Crippen molar-refractivity contribution in [1.29, 1.82) is 0 Å². The number of rotatable bonds is 4. The van der Waals surface area contributed by atoms with Gasteiger partial charge in [0.05, 0.1) is 16.1 Å². The summed E-state index contributed by atoms with van der Waals surface area (Å²) in [6, 6.07) is 12.3. The number of carbonyl (C=O) groups excluding carboxylic acids is 2. The topological polar surface area (TPSA) is 52.7 Å². The number of piperidine rings is 1. The van der Waals surface area contributed by atoms with Gasteiger partial charge in [0.15, 0.2) is 0 Å². The lowest BCUT2D eigenvalue weighted by Gasteiger charge is -2.43. The number of benzene rings is 2. The van der Waals surface area contributed by atoms with Crippen molar-refractivity contribution in [3.63, 3.8) is 0 Å². The molecule has 4 rings (SSSR count). The normalized spacial score (nSPS) is 23.2. The Kier molecular flexibility index (Phi) is 7.30. The van der Waals surface area contributed by atoms with Gasteiger partial charge in [0.1, 0.15) is 0 Å². The maximum Gasteiger partial charge on any atom is 0.253 e. The minimum Gasteiger partial charge on any atom is -0.341 e. The standard InChI is InChI=1S/C24H26Cl3N3O2/c1-29(23(31)15-4-7-17(25)8-5-15)22-10-12-30(24(32)21-3-2-11-28-21)14-18(22)16-6-9-19(26)20(27)13-16/h4-9,13,18,21-22,28H,2-3,10-12,14H2,1H3/t18-,21+,22+/m0/s1. The van der Waals surface area contributed by atoms with Crippen LogP contribution in [0.4, 0.5) is 0 Å². The molecular formula is C24H26Cl3N3O2. The predicted molar refractivity (Wildman–Crippen MR) is 129 cm³/mol. The summed E-state index contributed by atoms with van der Waals surface area (Å²) in [4.78, 5) is 30.0. The van der Waals surface area contributed by atoms with Crippen molar-refractivity contribution in [3.05, 3.63) is 68.7 Å². The third-order valence-corrected chi connectivity index (χ3v) is 7.52. The summed E-state index contributed by atoms with van der Waals surface area (Å²) in [7, 11) is 1.82. The van der Waals surface area contributed by atoms with Gasteiger partial charge >= 0.3 is 0 Å². The number of nitrogens with one attached hydrogen (secondary N) is 1. The third-order valence-electron chi connectivity index (χ3n) is 6.53. The Morgan fingerprint density at radius 2 is 1.78 bits per heavy atom. The van der Waals surface area contributed by atoms with E-state index in [-0.39, 0.29) is 29.8 Å². The molecule has 0 aromatic heterocycles. The van der Waals surface area contributed by atoms with Gasteiger partial charge in [0.25, 0.3) is 5.91 Å². The first-order valence-corrected chi connectivity index (χ1v) is 12.0. The summed E-state index contributed by atoms with van der Waals surface area (Å²) >= 11 is 18.5. The molecule has 2 aliphatic rings. The lowest BCUT2D eigenvalue weighted by molar-refractivity contribution is -0.134. The first kappa shape index (κ1) is 23.4. The molecule has 8 heteroatoms. The molecule has 3 atom stereocenters. The largest absolute Gasteiger partial charge is 0.341 e. The predicted octanol–water partition coefficient (Wildman–Crippen LogP) is 4.86. The van der Waals surface area contributed by atoms with Crippen LogP contribution in [0.5, 0.6) is 0 Å². The number of carbonyl (C=O) groups is 2. The maximum atomic E-state index is 13.2. The summed E-state index contributed by atoms with van der Waals surface area (Å²) in [5.74, 6) is -0.0169. The van der Waals surface area contributed by atoms with E-state index in [0.717, 1.165) is 24.9 Å². The molecule has 2 saturated heterocycles. The van der Waals surface area contributed by atoms with Gasteiger partial charge in [-0.2, -0.15) is 0 Å². The van der Waals surface area contributed by atoms with Crippen LogP contribution in [0.25, 0.3) is 0 Å². The summed E-state index contributed by atoms with van der Waals surface area (Å²) in [6.07, 6.45) is 2.56. The van der Waals surface area contributed by atoms with Gasteiger partial charge in [0.2, 0.25) is 5.91 Å². The highest BCUT2D eigenvalue weighted by atomic mass is 35.5. The van der Waals surface area contributed by atoms with Crippen molar-refractivity contribution in [2.45, 2.75) is 37.3 Å². The Labute approximate surface area is 203 Å². The second kappa shape index (κ2) is 10.0. The van der Waals surface area contributed by atoms with E-state index >= 15 is 0 Å². The lowest BCUT2D eigenvalue weighted by atomic mass is 9.84. The molecule has 2 aromatic carbocycles. The van der Waals surface area contributed by atoms with Crippen LogP contribution in [0.2, 0.25) is 15.1 Å². The van der Waals surface area contributed by atoms with E-state index in [1.165, 1.54) is 0 Å². The molecule has 0 unspecified atom stereocenters. The molecule has 2 fully saturated rings. The van der Waals surface area contributed by atoms with Crippen molar-refractivity contribution < 1.29 is 9.59 Å². The van der Waals surface area contributed by atoms with Gasteiger partial charge in [-0.3, -0.25) is 9.59 Å². The fraction of sp³-hybridized carbons (Fsp3) is 0.417. The quantitative estimate of drug-likeness (QED) is 0.661. The first-order chi connectivity index (χ1) is 15.3. The van der Waals surface area contributed by atoms with Crippen LogP contribution < -0.4 is 5.32 Å². The zero-order chi connectivity index (χ0) is 22.8. The molecule has 2 aliphatic heterocycles. The van der Waals surface area contributed by atoms with Crippen molar-refractivity contribution in [2.75, 3.05) is 26.7 Å². The maximum absolute atomic E-state index is 13.2. The molecule has 0 aliphatic carbocycles. The smallest absolute Gasteiger partial charge is 0.253 e. The average Bonchev–Trinajstić information content (AvgIpc) is 3.34. The van der Waals surface area contributed by atoms with E-state index in [4.69, 9.17) is 34.8 Å². The number of nitrogens with zero attached hydrogens (tertiary/aromatic N) is 2. The van der Waals surface area contributed by atoms with Crippen LogP contribution in [0.1, 0.15) is 41.1 Å². The summed E-state index contributed by atoms with van der Waals surface area (Å²) in [5, 5.41) is 4.84. The number of halogens is 3. The van der Waals surface area contributed by atoms with Crippen LogP contribution in [-0.2, 0) is 4.79 Å². The van der Waals surface area contributed by atoms with Crippen molar-refractivity contribution in [1.82, 2.24) is 15.1 Å². The molecule has 5 nitrogen and oxygen atoms in total. The van der Waals surface area contributed by atoms with Crippen LogP contribution >= 0.6 is 34.8 Å². The van der Waals surface area contributed by atoms with E-state index < -0.39 is 0 Å². The Hall–Kier alpha value is -1.79. The number of likely N-dealkylation sites (tertiary alicyclic amines) is 1. The molecule has 0 spiro atoms. The Morgan fingerprint density at radius 1 is 1.03 bits per heavy atom. The highest BCUT2D eigenvalue weighted by Gasteiger charge is 2.38. The molecule has 0 bridgehead atoms. The summed E-state index contributed by atoms with van der Waals surface area (Å²) < 4.78 is 0. The van der Waals surface area contributed by atoms with E-state index in [9.17, 15) is 9.59 Å². The second-order valence-electron chi connectivity index (χ2n) is 8.49. The summed E-state index contributed by atoms with van der Waals surface area (Å²) in [6.45, 7) is 2.01. The van der Waals surface area contributed by atoms with Crippen LogP contribution in [0, 0.1) is 0 Å². The number of hydrogen-bond donors (Lipinski definition) is 1. The summed E-state index contributed by atoms with van der Waals surface area (Å²) in [5.41, 5.74) is 1.55. The highest BCUT2D eigenvalue weighted by Crippen LogP contribution is 2.35. The van der Waals surface area contributed by atoms with Gasteiger partial charge < -0.3 is 15.1 Å². The fourth-order valence-electron chi connectivity index (χ4n) is 4.74. The van der Waals surface area contributed by atoms with Gasteiger partial charge in [-0.1, -0.05) is 40.9 Å². The number of amides is 2. The third kappa shape index (κ3) is 4.91. The Balaban J connectivity index is 1.60. The van der Waals surface area contributed by atoms with Gasteiger partial charge in [-0.05, 0) is 67.8 Å². The van der Waals surface area contributed by atoms with Gasteiger partial charge in [0, 0.05) is 42.7 Å². The zero-order valence-corrected chi connectivity index (χ0v) is 20.1. The van der Waals surface area contributed by atoms with Crippen LogP contribution in [0.15, 0.2) is 42.5 Å². The van der Waals surface area contributed by atoms with Gasteiger partial charge in [-0.25, -0.2) is 0 Å². The minimum absolute atomic E-state index is 0.0750. The molecule has 32 heavy (non-hydrogen) atoms. The Morgan fingerprint density at radius 3 is 2.44 bits per heavy atom. The molecule has 0 radical (unpaired) electrons. The number of hydrogen-bond acceptors (Lipinski definition) is 3. The van der Waals surface area contributed by atoms with E-state index in [1.54, 1.807) is 35.2 Å². The fourth-order valence-corrected chi connectivity index (χ4v) is 5.17. The van der Waals surface area contributed by atoms with Crippen molar-refractivity contribution in [2.24, 2.45) is 0 Å². The Bertz CT molecular complexity index is 992. The van der Waals surface area contributed by atoms with E-state index in [2.05, 4.69) is 5.32 Å². The van der Waals surface area contributed by atoms with E-state index in [1.807, 2.05) is 24.1 Å². The lowest BCUT2D eigenvalue weighted by Crippen LogP contribution is -2.54. The molecule has 2 aromatic rings. The molecule has 170 valence electrons. The van der Waals surface area contributed by atoms with Crippen LogP contribution in [0.3, 0.4) is 0 Å². The molecule has 0 saturated carbocycles. The van der Waals surface area contributed by atoms with Crippen molar-refractivity contribution in [3.8, 4) is 0 Å². The van der Waals surface area contributed by atoms with E-state index in [0.29, 0.717) is 40.1 Å². The first-order valence-electron chi connectivity index (χ1n) is 10.8. The van der Waals surface area contributed by atoms with Crippen LogP contribution in [-0.4, -0.2) is 60.4 Å². The minimum atomic E-state index is -0.116. The second-order valence-corrected chi connectivity index (χ2v) is 9.74. The number of likely N-dealkylation sites (N-methyl/N-ethyl adjacent to an activating group) is 1. The zero-order valence-electron chi connectivity index (χ0n) is 17.9. The monoisotopic (exact) mass is 493 g/mol. The molecule has 2 heterocycles. The molecule has 1 N–H and O–H groups in total. The SMILES string of the molecule is CN(C(=O)c1ccc(Cl)cc1)[C@@H]1CCN(C(=O)[C@H]2CCCN2)C[C@H]1c1ccc(Cl)c(Cl)c1. The molecule has 2 amide bonds. The molecular weight excluding hydrogens is 469 g/mol. The van der Waals surface area contributed by atoms with Gasteiger partial charge in [-0.15, -0.1) is 0 Å². The van der Waals surface area contributed by atoms with Crippen molar-refractivity contribution >= 4 is 46.6 Å².